The maximum atomic E-state index is 12.4. The molecular weight excluding hydrogens is 274 g/mol. The largest absolute Gasteiger partial charge is 0.479 e. The molecule has 2 rings (SSSR count). The van der Waals surface area contributed by atoms with Gasteiger partial charge in [-0.3, -0.25) is 4.90 Å². The highest BCUT2D eigenvalue weighted by molar-refractivity contribution is 5.77. The monoisotopic (exact) mass is 299 g/mol. The second kappa shape index (κ2) is 7.09. The van der Waals surface area contributed by atoms with E-state index in [0.29, 0.717) is 25.6 Å². The SMILES string of the molecule is CC(C)CN1CCN(C(=O)N2CCOC(C(=O)O)C2)CC1. The number of hydrogen-bond donors (Lipinski definition) is 1. The van der Waals surface area contributed by atoms with Crippen molar-refractivity contribution in [1.29, 1.82) is 0 Å². The lowest BCUT2D eigenvalue weighted by atomic mass is 10.2. The normalized spacial score (nSPS) is 24.4. The molecule has 1 unspecified atom stereocenters. The van der Waals surface area contributed by atoms with Crippen LogP contribution in [-0.4, -0.2) is 90.3 Å². The zero-order valence-electron chi connectivity index (χ0n) is 12.8. The van der Waals surface area contributed by atoms with Crippen LogP contribution in [0, 0.1) is 5.92 Å². The summed E-state index contributed by atoms with van der Waals surface area (Å²) in [6, 6.07) is -0.0613. The third kappa shape index (κ3) is 4.31. The number of amides is 2. The van der Waals surface area contributed by atoms with Crippen molar-refractivity contribution in [3.8, 4) is 0 Å². The number of piperazine rings is 1. The summed E-state index contributed by atoms with van der Waals surface area (Å²) < 4.78 is 5.15. The van der Waals surface area contributed by atoms with E-state index in [1.54, 1.807) is 4.90 Å². The lowest BCUT2D eigenvalue weighted by Crippen LogP contribution is -2.57. The van der Waals surface area contributed by atoms with Gasteiger partial charge in [0.25, 0.3) is 0 Å². The Morgan fingerprint density at radius 1 is 1.14 bits per heavy atom. The van der Waals surface area contributed by atoms with Gasteiger partial charge in [-0.05, 0) is 5.92 Å². The molecule has 120 valence electrons. The molecule has 0 bridgehead atoms. The second-order valence-corrected chi connectivity index (χ2v) is 6.11. The van der Waals surface area contributed by atoms with Crippen LogP contribution in [0.4, 0.5) is 4.79 Å². The molecule has 21 heavy (non-hydrogen) atoms. The molecule has 0 aromatic heterocycles. The average molecular weight is 299 g/mol. The number of morpholine rings is 1. The van der Waals surface area contributed by atoms with Crippen LogP contribution in [0.2, 0.25) is 0 Å². The Bertz CT molecular complexity index is 380. The van der Waals surface area contributed by atoms with E-state index in [9.17, 15) is 9.59 Å². The van der Waals surface area contributed by atoms with Gasteiger partial charge in [-0.2, -0.15) is 0 Å². The molecule has 7 nitrogen and oxygen atoms in total. The molecule has 0 saturated carbocycles. The molecule has 0 aromatic rings. The maximum Gasteiger partial charge on any atom is 0.334 e. The van der Waals surface area contributed by atoms with Crippen LogP contribution < -0.4 is 0 Å². The summed E-state index contributed by atoms with van der Waals surface area (Å²) in [4.78, 5) is 29.2. The van der Waals surface area contributed by atoms with Gasteiger partial charge in [0.15, 0.2) is 6.10 Å². The van der Waals surface area contributed by atoms with Crippen LogP contribution in [-0.2, 0) is 9.53 Å². The number of ether oxygens (including phenoxy) is 1. The molecule has 2 aliphatic heterocycles. The molecule has 2 heterocycles. The first-order valence-electron chi connectivity index (χ1n) is 7.58. The van der Waals surface area contributed by atoms with Crippen molar-refractivity contribution in [2.75, 3.05) is 52.4 Å². The molecule has 7 heteroatoms. The molecule has 1 atom stereocenters. The molecule has 0 aromatic carbocycles. The van der Waals surface area contributed by atoms with E-state index in [0.717, 1.165) is 19.6 Å². The van der Waals surface area contributed by atoms with Gasteiger partial charge in [-0.25, -0.2) is 9.59 Å². The maximum absolute atomic E-state index is 12.4. The zero-order chi connectivity index (χ0) is 15.4. The highest BCUT2D eigenvalue weighted by atomic mass is 16.5. The molecule has 1 N–H and O–H groups in total. The van der Waals surface area contributed by atoms with E-state index >= 15 is 0 Å². The number of hydrogen-bond acceptors (Lipinski definition) is 4. The Morgan fingerprint density at radius 2 is 1.81 bits per heavy atom. The lowest BCUT2D eigenvalue weighted by Gasteiger charge is -2.39. The number of carbonyl (C=O) groups excluding carboxylic acids is 1. The van der Waals surface area contributed by atoms with Crippen LogP contribution >= 0.6 is 0 Å². The number of urea groups is 1. The van der Waals surface area contributed by atoms with Gasteiger partial charge in [0.1, 0.15) is 0 Å². The van der Waals surface area contributed by atoms with Gasteiger partial charge < -0.3 is 19.6 Å². The van der Waals surface area contributed by atoms with Crippen LogP contribution in [0.15, 0.2) is 0 Å². The number of carbonyl (C=O) groups is 2. The van der Waals surface area contributed by atoms with E-state index in [2.05, 4.69) is 18.7 Å². The summed E-state index contributed by atoms with van der Waals surface area (Å²) in [5, 5.41) is 8.98. The number of carboxylic acids is 1. The van der Waals surface area contributed by atoms with E-state index < -0.39 is 12.1 Å². The van der Waals surface area contributed by atoms with E-state index in [1.807, 2.05) is 4.90 Å². The lowest BCUT2D eigenvalue weighted by molar-refractivity contribution is -0.154. The molecule has 2 aliphatic rings. The smallest absolute Gasteiger partial charge is 0.334 e. The highest BCUT2D eigenvalue weighted by Crippen LogP contribution is 2.12. The van der Waals surface area contributed by atoms with Gasteiger partial charge in [0.2, 0.25) is 0 Å². The van der Waals surface area contributed by atoms with Crippen LogP contribution in [0.1, 0.15) is 13.8 Å². The van der Waals surface area contributed by atoms with Gasteiger partial charge in [-0.15, -0.1) is 0 Å². The molecule has 2 fully saturated rings. The fourth-order valence-corrected chi connectivity index (χ4v) is 2.81. The zero-order valence-corrected chi connectivity index (χ0v) is 12.8. The summed E-state index contributed by atoms with van der Waals surface area (Å²) in [6.07, 6.45) is -0.898. The van der Waals surface area contributed by atoms with Crippen molar-refractivity contribution < 1.29 is 19.4 Å². The Kier molecular flexibility index (Phi) is 5.41. The summed E-state index contributed by atoms with van der Waals surface area (Å²) in [6.45, 7) is 9.52. The average Bonchev–Trinajstić information content (AvgIpc) is 2.47. The van der Waals surface area contributed by atoms with Gasteiger partial charge in [0.05, 0.1) is 13.2 Å². The minimum Gasteiger partial charge on any atom is -0.479 e. The first kappa shape index (κ1) is 16.0. The summed E-state index contributed by atoms with van der Waals surface area (Å²) in [5.74, 6) is -0.378. The van der Waals surface area contributed by atoms with E-state index in [4.69, 9.17) is 9.84 Å². The molecule has 0 aliphatic carbocycles. The third-order valence-corrected chi connectivity index (χ3v) is 3.88. The Balaban J connectivity index is 1.82. The van der Waals surface area contributed by atoms with Crippen molar-refractivity contribution in [2.24, 2.45) is 5.92 Å². The minimum absolute atomic E-state index is 0.0613. The Hall–Kier alpha value is -1.34. The van der Waals surface area contributed by atoms with Crippen molar-refractivity contribution in [3.05, 3.63) is 0 Å². The fourth-order valence-electron chi connectivity index (χ4n) is 2.81. The predicted molar refractivity (Wildman–Crippen MR) is 77.2 cm³/mol. The number of aliphatic carboxylic acids is 1. The van der Waals surface area contributed by atoms with Crippen molar-refractivity contribution in [3.63, 3.8) is 0 Å². The highest BCUT2D eigenvalue weighted by Gasteiger charge is 2.32. The van der Waals surface area contributed by atoms with Crippen LogP contribution in [0.3, 0.4) is 0 Å². The third-order valence-electron chi connectivity index (χ3n) is 3.88. The van der Waals surface area contributed by atoms with Crippen LogP contribution in [0.25, 0.3) is 0 Å². The van der Waals surface area contributed by atoms with Gasteiger partial charge in [0, 0.05) is 39.3 Å². The van der Waals surface area contributed by atoms with Gasteiger partial charge in [-0.1, -0.05) is 13.8 Å². The molecular formula is C14H25N3O4. The van der Waals surface area contributed by atoms with Gasteiger partial charge >= 0.3 is 12.0 Å². The topological polar surface area (TPSA) is 73.3 Å². The van der Waals surface area contributed by atoms with Crippen molar-refractivity contribution in [1.82, 2.24) is 14.7 Å². The Morgan fingerprint density at radius 3 is 2.38 bits per heavy atom. The summed E-state index contributed by atoms with van der Waals surface area (Å²) in [7, 11) is 0. The molecule has 2 amide bonds. The summed E-state index contributed by atoms with van der Waals surface area (Å²) >= 11 is 0. The second-order valence-electron chi connectivity index (χ2n) is 6.11. The van der Waals surface area contributed by atoms with Crippen molar-refractivity contribution >= 4 is 12.0 Å². The number of carboxylic acid groups (broad SMARTS) is 1. The number of nitrogens with zero attached hydrogens (tertiary/aromatic N) is 3. The summed E-state index contributed by atoms with van der Waals surface area (Å²) in [5.41, 5.74) is 0. The van der Waals surface area contributed by atoms with E-state index in [1.165, 1.54) is 0 Å². The Labute approximate surface area is 125 Å². The van der Waals surface area contributed by atoms with Crippen LogP contribution in [0.5, 0.6) is 0 Å². The first-order chi connectivity index (χ1) is 9.97. The minimum atomic E-state index is -1.01. The molecule has 0 spiro atoms. The number of rotatable bonds is 3. The van der Waals surface area contributed by atoms with E-state index in [-0.39, 0.29) is 19.2 Å². The molecule has 0 radical (unpaired) electrons. The fraction of sp³-hybridized carbons (Fsp3) is 0.857. The molecule has 2 saturated heterocycles. The quantitative estimate of drug-likeness (QED) is 0.804. The first-order valence-corrected chi connectivity index (χ1v) is 7.58. The van der Waals surface area contributed by atoms with Crippen molar-refractivity contribution in [2.45, 2.75) is 20.0 Å². The standard InChI is InChI=1S/C14H25N3O4/c1-11(2)9-15-3-5-16(6-4-15)14(20)17-7-8-21-12(10-17)13(18)19/h11-12H,3-10H2,1-2H3,(H,18,19). The predicted octanol–water partition coefficient (Wildman–Crippen LogP) is 0.165.